The molecule has 1 fully saturated rings. The van der Waals surface area contributed by atoms with E-state index in [2.05, 4.69) is 9.46 Å². The van der Waals surface area contributed by atoms with E-state index in [-0.39, 0.29) is 5.56 Å². The number of ether oxygens (including phenoxy) is 1. The van der Waals surface area contributed by atoms with E-state index in [1.54, 1.807) is 18.2 Å². The lowest BCUT2D eigenvalue weighted by Crippen LogP contribution is -2.55. The minimum Gasteiger partial charge on any atom is -0.465 e. The van der Waals surface area contributed by atoms with E-state index in [1.165, 1.54) is 6.07 Å². The fraction of sp³-hybridized carbons (Fsp3) is 0.316. The van der Waals surface area contributed by atoms with Crippen LogP contribution >= 0.6 is 23.2 Å². The first-order valence-electron chi connectivity index (χ1n) is 8.52. The molecule has 0 aliphatic heterocycles. The molecule has 0 saturated heterocycles. The van der Waals surface area contributed by atoms with Crippen LogP contribution in [-0.4, -0.2) is 27.0 Å². The highest BCUT2D eigenvalue weighted by molar-refractivity contribution is 7.89. The van der Waals surface area contributed by atoms with Gasteiger partial charge in [0.15, 0.2) is 0 Å². The molecular weight excluding hydrogens is 428 g/mol. The number of esters is 1. The Kier molecular flexibility index (Phi) is 6.00. The van der Waals surface area contributed by atoms with Crippen molar-refractivity contribution in [1.29, 1.82) is 0 Å². The third-order valence-electron chi connectivity index (χ3n) is 4.85. The summed E-state index contributed by atoms with van der Waals surface area (Å²) in [5.74, 6) is -1.69. The van der Waals surface area contributed by atoms with Gasteiger partial charge in [-0.1, -0.05) is 29.3 Å². The Morgan fingerprint density at radius 2 is 1.93 bits per heavy atom. The van der Waals surface area contributed by atoms with Crippen LogP contribution in [0.3, 0.4) is 0 Å². The molecule has 0 heterocycles. The summed E-state index contributed by atoms with van der Waals surface area (Å²) in [6, 6.07) is 8.11. The molecular formula is C19H18Cl2FNO4S. The molecule has 150 valence electrons. The summed E-state index contributed by atoms with van der Waals surface area (Å²) in [5.41, 5.74) is -0.0748. The Hall–Kier alpha value is -1.67. The Morgan fingerprint density at radius 3 is 2.50 bits per heavy atom. The van der Waals surface area contributed by atoms with Crippen molar-refractivity contribution in [1.82, 2.24) is 4.72 Å². The molecule has 0 bridgehead atoms. The summed E-state index contributed by atoms with van der Waals surface area (Å²) < 4.78 is 47.3. The second kappa shape index (κ2) is 7.99. The first kappa shape index (κ1) is 21.0. The number of sulfonamides is 1. The van der Waals surface area contributed by atoms with Gasteiger partial charge in [-0.3, -0.25) is 0 Å². The Bertz CT molecular complexity index is 1020. The molecule has 0 aromatic heterocycles. The van der Waals surface area contributed by atoms with Crippen molar-refractivity contribution in [2.24, 2.45) is 0 Å². The largest absolute Gasteiger partial charge is 0.465 e. The van der Waals surface area contributed by atoms with E-state index in [9.17, 15) is 17.6 Å². The number of nitrogens with one attached hydrogen (secondary N) is 1. The van der Waals surface area contributed by atoms with Gasteiger partial charge in [-0.15, -0.1) is 0 Å². The topological polar surface area (TPSA) is 72.5 Å². The molecule has 2 aromatic rings. The molecule has 3 rings (SSSR count). The van der Waals surface area contributed by atoms with Gasteiger partial charge in [-0.2, -0.15) is 0 Å². The van der Waals surface area contributed by atoms with Crippen molar-refractivity contribution >= 4 is 39.2 Å². The van der Waals surface area contributed by atoms with E-state index < -0.39 is 32.2 Å². The number of hydrogen-bond acceptors (Lipinski definition) is 4. The number of methoxy groups -OCH3 is 1. The van der Waals surface area contributed by atoms with Gasteiger partial charge in [-0.05, 0) is 61.6 Å². The second-order valence-corrected chi connectivity index (χ2v) is 9.28. The molecule has 0 atom stereocenters. The van der Waals surface area contributed by atoms with Crippen molar-refractivity contribution in [3.63, 3.8) is 0 Å². The SMILES string of the molecule is COC(=O)c1ccc(F)c(S(=O)(=O)NC2(Cc3ccc(Cl)cc3Cl)CCC2)c1. The van der Waals surface area contributed by atoms with Crippen molar-refractivity contribution in [3.8, 4) is 0 Å². The summed E-state index contributed by atoms with van der Waals surface area (Å²) >= 11 is 12.1. The standard InChI is InChI=1S/C19H18Cl2FNO4S/c1-27-18(24)12-4-6-16(22)17(9-12)28(25,26)23-19(7-2-8-19)11-13-3-5-14(20)10-15(13)21/h3-6,9-10,23H,2,7-8,11H2,1H3. The normalized spacial score (nSPS) is 15.7. The van der Waals surface area contributed by atoms with Gasteiger partial charge in [0.25, 0.3) is 0 Å². The molecule has 1 saturated carbocycles. The maximum absolute atomic E-state index is 14.3. The molecule has 2 aromatic carbocycles. The van der Waals surface area contributed by atoms with E-state index in [0.717, 1.165) is 31.2 Å². The van der Waals surface area contributed by atoms with Crippen LogP contribution in [-0.2, 0) is 21.2 Å². The van der Waals surface area contributed by atoms with E-state index in [1.807, 2.05) is 0 Å². The van der Waals surface area contributed by atoms with E-state index in [0.29, 0.717) is 29.3 Å². The first-order chi connectivity index (χ1) is 13.2. The fourth-order valence-electron chi connectivity index (χ4n) is 3.24. The summed E-state index contributed by atoms with van der Waals surface area (Å²) in [6.45, 7) is 0. The summed E-state index contributed by atoms with van der Waals surface area (Å²) in [5, 5.41) is 0.926. The lowest BCUT2D eigenvalue weighted by Gasteiger charge is -2.42. The number of halogens is 3. The van der Waals surface area contributed by atoms with Crippen LogP contribution in [0.2, 0.25) is 10.0 Å². The number of hydrogen-bond donors (Lipinski definition) is 1. The molecule has 9 heteroatoms. The smallest absolute Gasteiger partial charge is 0.337 e. The predicted octanol–water partition coefficient (Wildman–Crippen LogP) is 4.36. The van der Waals surface area contributed by atoms with Gasteiger partial charge in [0.2, 0.25) is 10.0 Å². The molecule has 0 spiro atoms. The van der Waals surface area contributed by atoms with Crippen LogP contribution < -0.4 is 4.72 Å². The number of rotatable bonds is 6. The zero-order valence-corrected chi connectivity index (χ0v) is 17.3. The Morgan fingerprint density at radius 1 is 1.21 bits per heavy atom. The first-order valence-corrected chi connectivity index (χ1v) is 10.8. The Labute approximate surface area is 172 Å². The van der Waals surface area contributed by atoms with Crippen LogP contribution in [0.25, 0.3) is 0 Å². The molecule has 0 radical (unpaired) electrons. The number of carbonyl (C=O) groups is 1. The van der Waals surface area contributed by atoms with Crippen molar-refractivity contribution in [3.05, 3.63) is 63.4 Å². The average molecular weight is 446 g/mol. The number of carbonyl (C=O) groups excluding carboxylic acids is 1. The van der Waals surface area contributed by atoms with Gasteiger partial charge in [0.1, 0.15) is 10.7 Å². The molecule has 0 unspecified atom stereocenters. The number of benzene rings is 2. The van der Waals surface area contributed by atoms with Crippen LogP contribution in [0.4, 0.5) is 4.39 Å². The average Bonchev–Trinajstić information content (AvgIpc) is 2.61. The Balaban J connectivity index is 1.91. The fourth-order valence-corrected chi connectivity index (χ4v) is 5.28. The summed E-state index contributed by atoms with van der Waals surface area (Å²) in [4.78, 5) is 11.1. The maximum Gasteiger partial charge on any atom is 0.337 e. The lowest BCUT2D eigenvalue weighted by molar-refractivity contribution is 0.0600. The van der Waals surface area contributed by atoms with Gasteiger partial charge in [-0.25, -0.2) is 22.3 Å². The van der Waals surface area contributed by atoms with Crippen molar-refractivity contribution < 1.29 is 22.3 Å². The molecule has 1 aliphatic rings. The second-order valence-electron chi connectivity index (χ2n) is 6.79. The maximum atomic E-state index is 14.3. The van der Waals surface area contributed by atoms with Gasteiger partial charge < -0.3 is 4.74 Å². The predicted molar refractivity (Wildman–Crippen MR) is 105 cm³/mol. The van der Waals surface area contributed by atoms with Crippen LogP contribution in [0.5, 0.6) is 0 Å². The highest BCUT2D eigenvalue weighted by Gasteiger charge is 2.42. The van der Waals surface area contributed by atoms with E-state index >= 15 is 0 Å². The highest BCUT2D eigenvalue weighted by Crippen LogP contribution is 2.38. The van der Waals surface area contributed by atoms with Crippen LogP contribution in [0.15, 0.2) is 41.3 Å². The third kappa shape index (κ3) is 4.33. The van der Waals surface area contributed by atoms with Crippen molar-refractivity contribution in [2.75, 3.05) is 7.11 Å². The zero-order valence-electron chi connectivity index (χ0n) is 15.0. The van der Waals surface area contributed by atoms with Gasteiger partial charge >= 0.3 is 5.97 Å². The lowest BCUT2D eigenvalue weighted by atomic mass is 9.74. The molecule has 1 N–H and O–H groups in total. The molecule has 1 aliphatic carbocycles. The molecule has 28 heavy (non-hydrogen) atoms. The highest BCUT2D eigenvalue weighted by atomic mass is 35.5. The van der Waals surface area contributed by atoms with E-state index in [4.69, 9.17) is 23.2 Å². The summed E-state index contributed by atoms with van der Waals surface area (Å²) in [7, 11) is -3.05. The zero-order chi connectivity index (χ0) is 20.5. The molecule has 5 nitrogen and oxygen atoms in total. The molecule has 0 amide bonds. The third-order valence-corrected chi connectivity index (χ3v) is 7.03. The monoisotopic (exact) mass is 445 g/mol. The summed E-state index contributed by atoms with van der Waals surface area (Å²) in [6.07, 6.45) is 2.35. The van der Waals surface area contributed by atoms with Crippen LogP contribution in [0.1, 0.15) is 35.2 Å². The van der Waals surface area contributed by atoms with Gasteiger partial charge in [0.05, 0.1) is 12.7 Å². The minimum atomic E-state index is -4.22. The van der Waals surface area contributed by atoms with Gasteiger partial charge in [0, 0.05) is 15.6 Å². The van der Waals surface area contributed by atoms with Crippen LogP contribution in [0, 0.1) is 5.82 Å². The minimum absolute atomic E-state index is 0.0484. The quantitative estimate of drug-likeness (QED) is 0.670. The van der Waals surface area contributed by atoms with Crippen molar-refractivity contribution in [2.45, 2.75) is 36.1 Å².